The van der Waals surface area contributed by atoms with E-state index in [0.717, 1.165) is 42.8 Å². The normalized spacial score (nSPS) is 19.2. The van der Waals surface area contributed by atoms with Crippen molar-refractivity contribution in [2.45, 2.75) is 32.6 Å². The Balaban J connectivity index is 2.35. The van der Waals surface area contributed by atoms with Crippen LogP contribution in [-0.4, -0.2) is 4.90 Å². The monoisotopic (exact) mass is 228 g/mol. The Bertz CT molecular complexity index is 436. The van der Waals surface area contributed by atoms with Crippen molar-refractivity contribution in [1.29, 1.82) is 0 Å². The molecule has 0 radical (unpaired) electrons. The topological polar surface area (TPSA) is 29.3 Å². The van der Waals surface area contributed by atoms with Crippen molar-refractivity contribution in [3.05, 3.63) is 59.7 Å². The molecule has 0 unspecified atom stereocenters. The highest BCUT2D eigenvalue weighted by atomic mass is 15.2. The van der Waals surface area contributed by atoms with Crippen LogP contribution in [0.3, 0.4) is 0 Å². The zero-order valence-corrected chi connectivity index (χ0v) is 10.4. The molecule has 2 nitrogen and oxygen atoms in total. The Morgan fingerprint density at radius 2 is 2.06 bits per heavy atom. The number of nitrogens with two attached hydrogens (primary N) is 1. The molecular weight excluding hydrogens is 208 g/mol. The van der Waals surface area contributed by atoms with Gasteiger partial charge in [0.15, 0.2) is 0 Å². The quantitative estimate of drug-likeness (QED) is 0.800. The molecule has 0 atom stereocenters. The van der Waals surface area contributed by atoms with Crippen molar-refractivity contribution in [3.63, 3.8) is 0 Å². The molecule has 0 aromatic rings. The van der Waals surface area contributed by atoms with Crippen molar-refractivity contribution in [2.75, 3.05) is 0 Å². The standard InChI is InChI=1S/C15H20N2/c1-12(2)17(13-8-4-3-5-9-13)15-11-7-6-10-14(15)16/h3-4,7-8,11H,1,5-6,9-10,16H2,2H3. The molecule has 0 aliphatic heterocycles. The number of nitrogens with zero attached hydrogens (tertiary/aromatic N) is 1. The van der Waals surface area contributed by atoms with E-state index >= 15 is 0 Å². The van der Waals surface area contributed by atoms with Gasteiger partial charge in [0, 0.05) is 17.1 Å². The van der Waals surface area contributed by atoms with E-state index in [4.69, 9.17) is 5.73 Å². The highest BCUT2D eigenvalue weighted by molar-refractivity contribution is 5.35. The molecular formula is C15H20N2. The second-order valence-corrected chi connectivity index (χ2v) is 4.55. The molecule has 2 N–H and O–H groups in total. The first-order valence-corrected chi connectivity index (χ1v) is 6.16. The summed E-state index contributed by atoms with van der Waals surface area (Å²) in [4.78, 5) is 2.19. The molecule has 2 rings (SSSR count). The highest BCUT2D eigenvalue weighted by Crippen LogP contribution is 2.29. The maximum atomic E-state index is 6.12. The number of hydrogen-bond donors (Lipinski definition) is 1. The third-order valence-electron chi connectivity index (χ3n) is 3.09. The number of rotatable bonds is 3. The first-order chi connectivity index (χ1) is 8.20. The van der Waals surface area contributed by atoms with Crippen molar-refractivity contribution >= 4 is 0 Å². The lowest BCUT2D eigenvalue weighted by Gasteiger charge is -2.31. The van der Waals surface area contributed by atoms with E-state index in [-0.39, 0.29) is 0 Å². The first kappa shape index (κ1) is 11.8. The lowest BCUT2D eigenvalue weighted by molar-refractivity contribution is 0.505. The minimum Gasteiger partial charge on any atom is -0.400 e. The van der Waals surface area contributed by atoms with Gasteiger partial charge in [0.1, 0.15) is 0 Å². The molecule has 0 spiro atoms. The molecule has 0 aromatic heterocycles. The minimum absolute atomic E-state index is 0.943. The van der Waals surface area contributed by atoms with Crippen LogP contribution in [0.1, 0.15) is 32.6 Å². The Morgan fingerprint density at radius 1 is 1.29 bits per heavy atom. The Morgan fingerprint density at radius 3 is 2.65 bits per heavy atom. The average molecular weight is 228 g/mol. The smallest absolute Gasteiger partial charge is 0.0639 e. The zero-order chi connectivity index (χ0) is 12.3. The molecule has 0 amide bonds. The van der Waals surface area contributed by atoms with Crippen LogP contribution in [0.25, 0.3) is 0 Å². The fourth-order valence-corrected chi connectivity index (χ4v) is 2.27. The van der Waals surface area contributed by atoms with Crippen LogP contribution in [0, 0.1) is 0 Å². The zero-order valence-electron chi connectivity index (χ0n) is 10.4. The summed E-state index contributed by atoms with van der Waals surface area (Å²) in [7, 11) is 0. The van der Waals surface area contributed by atoms with Crippen LogP contribution in [-0.2, 0) is 0 Å². The summed E-state index contributed by atoms with van der Waals surface area (Å²) in [5, 5.41) is 0. The van der Waals surface area contributed by atoms with Gasteiger partial charge < -0.3 is 10.6 Å². The Hall–Kier alpha value is -1.70. The summed E-state index contributed by atoms with van der Waals surface area (Å²) in [6.45, 7) is 6.11. The van der Waals surface area contributed by atoms with Gasteiger partial charge in [-0.05, 0) is 44.8 Å². The fourth-order valence-electron chi connectivity index (χ4n) is 2.27. The van der Waals surface area contributed by atoms with Crippen molar-refractivity contribution < 1.29 is 0 Å². The molecule has 90 valence electrons. The first-order valence-electron chi connectivity index (χ1n) is 6.16. The van der Waals surface area contributed by atoms with E-state index < -0.39 is 0 Å². The lowest BCUT2D eigenvalue weighted by Crippen LogP contribution is -2.24. The van der Waals surface area contributed by atoms with Crippen LogP contribution < -0.4 is 5.73 Å². The van der Waals surface area contributed by atoms with Crippen molar-refractivity contribution in [2.24, 2.45) is 5.73 Å². The molecule has 0 saturated carbocycles. The molecule has 17 heavy (non-hydrogen) atoms. The van der Waals surface area contributed by atoms with E-state index in [9.17, 15) is 0 Å². The Labute approximate surface area is 103 Å². The summed E-state index contributed by atoms with van der Waals surface area (Å²) < 4.78 is 0. The molecule has 2 heteroatoms. The molecule has 0 bridgehead atoms. The minimum atomic E-state index is 0.943. The highest BCUT2D eigenvalue weighted by Gasteiger charge is 2.18. The van der Waals surface area contributed by atoms with E-state index in [1.165, 1.54) is 5.70 Å². The maximum absolute atomic E-state index is 6.12. The van der Waals surface area contributed by atoms with Crippen molar-refractivity contribution in [1.82, 2.24) is 4.90 Å². The predicted octanol–water partition coefficient (Wildman–Crippen LogP) is 3.58. The van der Waals surface area contributed by atoms with Gasteiger partial charge in [0.2, 0.25) is 0 Å². The summed E-state index contributed by atoms with van der Waals surface area (Å²) in [5.41, 5.74) is 10.5. The largest absolute Gasteiger partial charge is 0.400 e. The molecule has 0 saturated heterocycles. The molecule has 2 aliphatic carbocycles. The fraction of sp³-hybridized carbons (Fsp3) is 0.333. The van der Waals surface area contributed by atoms with Gasteiger partial charge in [-0.1, -0.05) is 24.8 Å². The average Bonchev–Trinajstić information content (AvgIpc) is 2.33. The van der Waals surface area contributed by atoms with E-state index in [2.05, 4.69) is 41.9 Å². The van der Waals surface area contributed by atoms with Gasteiger partial charge >= 0.3 is 0 Å². The summed E-state index contributed by atoms with van der Waals surface area (Å²) in [6.07, 6.45) is 14.9. The van der Waals surface area contributed by atoms with Gasteiger partial charge in [-0.25, -0.2) is 0 Å². The van der Waals surface area contributed by atoms with Gasteiger partial charge in [-0.3, -0.25) is 0 Å². The van der Waals surface area contributed by atoms with Gasteiger partial charge in [-0.15, -0.1) is 0 Å². The second-order valence-electron chi connectivity index (χ2n) is 4.55. The van der Waals surface area contributed by atoms with E-state index in [1.807, 2.05) is 6.92 Å². The van der Waals surface area contributed by atoms with E-state index in [0.29, 0.717) is 0 Å². The third-order valence-corrected chi connectivity index (χ3v) is 3.09. The van der Waals surface area contributed by atoms with Crippen LogP contribution in [0.15, 0.2) is 59.7 Å². The molecule has 2 aliphatic rings. The molecule has 0 aromatic carbocycles. The maximum Gasteiger partial charge on any atom is 0.0639 e. The molecule has 0 heterocycles. The number of hydrogen-bond acceptors (Lipinski definition) is 2. The van der Waals surface area contributed by atoms with Gasteiger partial charge in [0.25, 0.3) is 0 Å². The summed E-state index contributed by atoms with van der Waals surface area (Å²) >= 11 is 0. The van der Waals surface area contributed by atoms with Gasteiger partial charge in [-0.2, -0.15) is 0 Å². The lowest BCUT2D eigenvalue weighted by atomic mass is 10.0. The second kappa shape index (κ2) is 5.09. The predicted molar refractivity (Wildman–Crippen MR) is 72.7 cm³/mol. The SMILES string of the molecule is C=C(C)N(C1=CC=CCC1)C1=C(N)CCC=C1. The van der Waals surface area contributed by atoms with Crippen LogP contribution in [0.2, 0.25) is 0 Å². The number of allylic oxidation sites excluding steroid dienone is 8. The van der Waals surface area contributed by atoms with Crippen molar-refractivity contribution in [3.8, 4) is 0 Å². The van der Waals surface area contributed by atoms with Crippen LogP contribution >= 0.6 is 0 Å². The van der Waals surface area contributed by atoms with E-state index in [1.54, 1.807) is 0 Å². The Kier molecular flexibility index (Phi) is 3.52. The van der Waals surface area contributed by atoms with Gasteiger partial charge in [0.05, 0.1) is 5.70 Å². The van der Waals surface area contributed by atoms with Crippen LogP contribution in [0.5, 0.6) is 0 Å². The summed E-state index contributed by atoms with van der Waals surface area (Å²) in [5.74, 6) is 0. The van der Waals surface area contributed by atoms with Crippen LogP contribution in [0.4, 0.5) is 0 Å². The summed E-state index contributed by atoms with van der Waals surface area (Å²) in [6, 6.07) is 0. The third kappa shape index (κ3) is 2.52. The molecule has 0 fully saturated rings.